The quantitative estimate of drug-likeness (QED) is 0.887. The Balaban J connectivity index is 1.68. The van der Waals surface area contributed by atoms with Crippen LogP contribution in [0.4, 0.5) is 0 Å². The summed E-state index contributed by atoms with van der Waals surface area (Å²) >= 11 is 0. The molecule has 2 unspecified atom stereocenters. The van der Waals surface area contributed by atoms with Crippen molar-refractivity contribution in [2.45, 2.75) is 45.3 Å². The van der Waals surface area contributed by atoms with Crippen LogP contribution >= 0.6 is 0 Å². The summed E-state index contributed by atoms with van der Waals surface area (Å²) in [6, 6.07) is 3.45. The molecule has 18 heavy (non-hydrogen) atoms. The van der Waals surface area contributed by atoms with Gasteiger partial charge in [0, 0.05) is 37.3 Å². The summed E-state index contributed by atoms with van der Waals surface area (Å²) in [6.07, 6.45) is 6.50. The van der Waals surface area contributed by atoms with Crippen LogP contribution in [0.2, 0.25) is 0 Å². The van der Waals surface area contributed by atoms with Crippen LogP contribution in [0.25, 0.3) is 0 Å². The molecule has 2 fully saturated rings. The number of hydrogen-bond donors (Lipinski definition) is 1. The molecule has 3 nitrogen and oxygen atoms in total. The molecule has 0 spiro atoms. The van der Waals surface area contributed by atoms with Crippen molar-refractivity contribution in [3.63, 3.8) is 0 Å². The van der Waals surface area contributed by atoms with Crippen molar-refractivity contribution in [3.8, 4) is 0 Å². The third-order valence-corrected chi connectivity index (χ3v) is 4.42. The van der Waals surface area contributed by atoms with Crippen LogP contribution in [-0.4, -0.2) is 30.1 Å². The average Bonchev–Trinajstić information content (AvgIpc) is 3.08. The molecular weight excluding hydrogens is 224 g/mol. The highest BCUT2D eigenvalue weighted by molar-refractivity contribution is 5.07. The number of hydrogen-bond acceptors (Lipinski definition) is 3. The van der Waals surface area contributed by atoms with Gasteiger partial charge in [0.15, 0.2) is 0 Å². The second kappa shape index (κ2) is 5.06. The lowest BCUT2D eigenvalue weighted by atomic mass is 9.96. The fraction of sp³-hybridized carbons (Fsp3) is 0.733. The minimum absolute atomic E-state index is 0.648. The van der Waals surface area contributed by atoms with E-state index in [1.54, 1.807) is 6.26 Å². The molecule has 1 aliphatic carbocycles. The van der Waals surface area contributed by atoms with Crippen molar-refractivity contribution in [1.82, 2.24) is 10.2 Å². The van der Waals surface area contributed by atoms with E-state index in [2.05, 4.69) is 30.1 Å². The Bertz CT molecular complexity index is 370. The molecular formula is C15H24N2O. The molecule has 1 saturated heterocycles. The summed E-state index contributed by atoms with van der Waals surface area (Å²) in [6.45, 7) is 8.01. The molecule has 0 aromatic carbocycles. The normalized spacial score (nSPS) is 29.9. The van der Waals surface area contributed by atoms with Gasteiger partial charge in [0.25, 0.3) is 0 Å². The first-order valence-corrected chi connectivity index (χ1v) is 7.22. The van der Waals surface area contributed by atoms with Gasteiger partial charge in [-0.1, -0.05) is 13.8 Å². The molecule has 100 valence electrons. The van der Waals surface area contributed by atoms with Crippen LogP contribution in [0.3, 0.4) is 0 Å². The molecule has 3 rings (SSSR count). The van der Waals surface area contributed by atoms with E-state index >= 15 is 0 Å². The zero-order valence-electron chi connectivity index (χ0n) is 11.4. The van der Waals surface area contributed by atoms with E-state index in [9.17, 15) is 0 Å². The Labute approximate surface area is 110 Å². The van der Waals surface area contributed by atoms with Gasteiger partial charge in [0.1, 0.15) is 0 Å². The third kappa shape index (κ3) is 2.62. The highest BCUT2D eigenvalue weighted by Gasteiger charge is 2.37. The summed E-state index contributed by atoms with van der Waals surface area (Å²) in [5.74, 6) is 1.63. The fourth-order valence-electron chi connectivity index (χ4n) is 3.12. The van der Waals surface area contributed by atoms with Crippen molar-refractivity contribution in [1.29, 1.82) is 0 Å². The lowest BCUT2D eigenvalue weighted by Crippen LogP contribution is -2.58. The van der Waals surface area contributed by atoms with Crippen LogP contribution in [0.5, 0.6) is 0 Å². The van der Waals surface area contributed by atoms with Gasteiger partial charge in [-0.05, 0) is 30.7 Å². The lowest BCUT2D eigenvalue weighted by Gasteiger charge is -2.42. The Morgan fingerprint density at radius 3 is 2.89 bits per heavy atom. The predicted molar refractivity (Wildman–Crippen MR) is 72.3 cm³/mol. The Kier molecular flexibility index (Phi) is 3.44. The maximum absolute atomic E-state index is 5.20. The number of piperazine rings is 1. The Hall–Kier alpha value is -0.800. The van der Waals surface area contributed by atoms with Gasteiger partial charge in [-0.25, -0.2) is 0 Å². The van der Waals surface area contributed by atoms with E-state index < -0.39 is 0 Å². The molecule has 0 amide bonds. The molecule has 1 N–H and O–H groups in total. The van der Waals surface area contributed by atoms with Gasteiger partial charge >= 0.3 is 0 Å². The summed E-state index contributed by atoms with van der Waals surface area (Å²) in [4.78, 5) is 2.65. The van der Waals surface area contributed by atoms with Crippen LogP contribution in [0.1, 0.15) is 32.3 Å². The highest BCUT2D eigenvalue weighted by atomic mass is 16.3. The number of furan rings is 1. The Morgan fingerprint density at radius 1 is 1.44 bits per heavy atom. The van der Waals surface area contributed by atoms with Crippen molar-refractivity contribution in [2.24, 2.45) is 11.8 Å². The average molecular weight is 248 g/mol. The van der Waals surface area contributed by atoms with E-state index in [-0.39, 0.29) is 0 Å². The van der Waals surface area contributed by atoms with Crippen molar-refractivity contribution in [3.05, 3.63) is 24.2 Å². The molecule has 1 aromatic heterocycles. The minimum Gasteiger partial charge on any atom is -0.472 e. The highest BCUT2D eigenvalue weighted by Crippen LogP contribution is 2.35. The van der Waals surface area contributed by atoms with Crippen molar-refractivity contribution < 1.29 is 4.42 Å². The van der Waals surface area contributed by atoms with E-state index in [1.165, 1.54) is 24.9 Å². The molecule has 3 heteroatoms. The largest absolute Gasteiger partial charge is 0.472 e. The maximum Gasteiger partial charge on any atom is 0.0947 e. The summed E-state index contributed by atoms with van der Waals surface area (Å²) in [5.41, 5.74) is 1.30. The minimum atomic E-state index is 0.648. The first-order valence-electron chi connectivity index (χ1n) is 7.22. The first-order chi connectivity index (χ1) is 8.74. The molecule has 1 aliphatic heterocycles. The van der Waals surface area contributed by atoms with Gasteiger partial charge < -0.3 is 9.73 Å². The van der Waals surface area contributed by atoms with Gasteiger partial charge in [-0.3, -0.25) is 4.90 Å². The second-order valence-corrected chi connectivity index (χ2v) is 6.22. The topological polar surface area (TPSA) is 28.4 Å². The van der Waals surface area contributed by atoms with Gasteiger partial charge in [-0.2, -0.15) is 0 Å². The molecule has 1 saturated carbocycles. The summed E-state index contributed by atoms with van der Waals surface area (Å²) < 4.78 is 5.20. The van der Waals surface area contributed by atoms with Crippen molar-refractivity contribution >= 4 is 0 Å². The number of nitrogens with zero attached hydrogens (tertiary/aromatic N) is 1. The number of rotatable bonds is 4. The monoisotopic (exact) mass is 248 g/mol. The Morgan fingerprint density at radius 2 is 2.28 bits per heavy atom. The lowest BCUT2D eigenvalue weighted by molar-refractivity contribution is 0.0850. The molecule has 2 aliphatic rings. The van der Waals surface area contributed by atoms with Crippen LogP contribution in [0, 0.1) is 11.8 Å². The van der Waals surface area contributed by atoms with E-state index in [0.717, 1.165) is 19.0 Å². The van der Waals surface area contributed by atoms with Crippen LogP contribution < -0.4 is 5.32 Å². The predicted octanol–water partition coefficient (Wildman–Crippen LogP) is 2.49. The first kappa shape index (κ1) is 12.2. The summed E-state index contributed by atoms with van der Waals surface area (Å²) in [7, 11) is 0. The molecule has 2 heterocycles. The molecule has 2 atom stereocenters. The van der Waals surface area contributed by atoms with Crippen molar-refractivity contribution in [2.75, 3.05) is 13.1 Å². The van der Waals surface area contributed by atoms with Gasteiger partial charge in [-0.15, -0.1) is 0 Å². The standard InChI is InChI=1S/C15H24N2O/c1-11(2)15-7-16-14(13-3-4-13)9-17(15)8-12-5-6-18-10-12/h5-6,10-11,13-16H,3-4,7-9H2,1-2H3. The molecule has 0 radical (unpaired) electrons. The fourth-order valence-corrected chi connectivity index (χ4v) is 3.12. The number of nitrogens with one attached hydrogen (secondary N) is 1. The van der Waals surface area contributed by atoms with Crippen LogP contribution in [-0.2, 0) is 6.54 Å². The van der Waals surface area contributed by atoms with E-state index in [4.69, 9.17) is 4.42 Å². The maximum atomic E-state index is 5.20. The van der Waals surface area contributed by atoms with E-state index in [0.29, 0.717) is 18.0 Å². The van der Waals surface area contributed by atoms with Gasteiger partial charge in [0.05, 0.1) is 12.5 Å². The van der Waals surface area contributed by atoms with E-state index in [1.807, 2.05) is 6.26 Å². The molecule has 0 bridgehead atoms. The molecule has 1 aromatic rings. The smallest absolute Gasteiger partial charge is 0.0947 e. The zero-order chi connectivity index (χ0) is 12.5. The second-order valence-electron chi connectivity index (χ2n) is 6.22. The third-order valence-electron chi connectivity index (χ3n) is 4.42. The SMILES string of the molecule is CC(C)C1CNC(C2CC2)CN1Cc1ccoc1. The summed E-state index contributed by atoms with van der Waals surface area (Å²) in [5, 5.41) is 3.76. The van der Waals surface area contributed by atoms with Gasteiger partial charge in [0.2, 0.25) is 0 Å². The van der Waals surface area contributed by atoms with Crippen LogP contribution in [0.15, 0.2) is 23.0 Å². The zero-order valence-corrected chi connectivity index (χ0v) is 11.4.